The summed E-state index contributed by atoms with van der Waals surface area (Å²) in [7, 11) is 2.14. The predicted octanol–water partition coefficient (Wildman–Crippen LogP) is 2.13. The van der Waals surface area contributed by atoms with Gasteiger partial charge in [0.2, 0.25) is 0 Å². The minimum atomic E-state index is 0.747. The van der Waals surface area contributed by atoms with Gasteiger partial charge in [-0.15, -0.1) is 0 Å². The third-order valence-electron chi connectivity index (χ3n) is 3.24. The van der Waals surface area contributed by atoms with Crippen LogP contribution in [-0.4, -0.2) is 31.1 Å². The van der Waals surface area contributed by atoms with E-state index in [-0.39, 0.29) is 0 Å². The lowest BCUT2D eigenvalue weighted by molar-refractivity contribution is 0.319. The highest BCUT2D eigenvalue weighted by Crippen LogP contribution is 2.18. The van der Waals surface area contributed by atoms with Crippen molar-refractivity contribution in [2.24, 2.45) is 0 Å². The molecule has 0 heterocycles. The number of benzene rings is 1. The van der Waals surface area contributed by atoms with Gasteiger partial charge in [-0.3, -0.25) is 0 Å². The van der Waals surface area contributed by atoms with Gasteiger partial charge in [-0.2, -0.15) is 5.26 Å². The van der Waals surface area contributed by atoms with E-state index in [0.717, 1.165) is 31.2 Å². The lowest BCUT2D eigenvalue weighted by Gasteiger charge is -2.16. The second-order valence-electron chi connectivity index (χ2n) is 5.13. The van der Waals surface area contributed by atoms with Crippen molar-refractivity contribution in [2.75, 3.05) is 20.1 Å². The third-order valence-corrected chi connectivity index (χ3v) is 3.24. The van der Waals surface area contributed by atoms with Crippen LogP contribution < -0.4 is 5.32 Å². The van der Waals surface area contributed by atoms with E-state index in [1.807, 2.05) is 18.2 Å². The first kappa shape index (κ1) is 13.1. The molecular formula is C15H21N3. The summed E-state index contributed by atoms with van der Waals surface area (Å²) in [6.07, 6.45) is 3.90. The summed E-state index contributed by atoms with van der Waals surface area (Å²) in [5, 5.41) is 12.4. The zero-order valence-electron chi connectivity index (χ0n) is 11.0. The van der Waals surface area contributed by atoms with E-state index < -0.39 is 0 Å². The SMILES string of the molecule is CN(CCCNC1CC1)Cc1cccc(C#N)c1. The highest BCUT2D eigenvalue weighted by atomic mass is 15.1. The van der Waals surface area contributed by atoms with Gasteiger partial charge in [-0.25, -0.2) is 0 Å². The molecule has 1 aromatic rings. The molecule has 0 bridgehead atoms. The number of rotatable bonds is 7. The first-order valence-electron chi connectivity index (χ1n) is 6.69. The number of nitriles is 1. The van der Waals surface area contributed by atoms with Crippen molar-refractivity contribution in [3.8, 4) is 6.07 Å². The molecule has 0 unspecified atom stereocenters. The van der Waals surface area contributed by atoms with Gasteiger partial charge < -0.3 is 10.2 Å². The van der Waals surface area contributed by atoms with Crippen LogP contribution >= 0.6 is 0 Å². The first-order chi connectivity index (χ1) is 8.78. The van der Waals surface area contributed by atoms with E-state index in [1.165, 1.54) is 24.8 Å². The average Bonchev–Trinajstić information content (AvgIpc) is 3.19. The normalized spacial score (nSPS) is 14.7. The minimum absolute atomic E-state index is 0.747. The van der Waals surface area contributed by atoms with E-state index in [9.17, 15) is 0 Å². The van der Waals surface area contributed by atoms with Crippen LogP contribution in [0.4, 0.5) is 0 Å². The lowest BCUT2D eigenvalue weighted by Crippen LogP contribution is -2.24. The maximum atomic E-state index is 8.86. The molecule has 0 atom stereocenters. The van der Waals surface area contributed by atoms with Crippen LogP contribution in [0.15, 0.2) is 24.3 Å². The monoisotopic (exact) mass is 243 g/mol. The molecule has 0 amide bonds. The molecule has 1 aromatic carbocycles. The molecule has 0 radical (unpaired) electrons. The molecule has 1 aliphatic carbocycles. The molecule has 1 N–H and O–H groups in total. The Hall–Kier alpha value is -1.37. The molecule has 1 fully saturated rings. The summed E-state index contributed by atoms with van der Waals surface area (Å²) in [5.41, 5.74) is 1.96. The topological polar surface area (TPSA) is 39.1 Å². The van der Waals surface area contributed by atoms with Crippen LogP contribution in [0.5, 0.6) is 0 Å². The Morgan fingerprint density at radius 3 is 3.00 bits per heavy atom. The standard InChI is InChI=1S/C15H21N3/c1-18(9-3-8-17-15-6-7-15)12-14-5-2-4-13(10-14)11-16/h2,4-5,10,15,17H,3,6-9,12H2,1H3. The molecule has 0 aromatic heterocycles. The second-order valence-corrected chi connectivity index (χ2v) is 5.13. The summed E-state index contributed by atoms with van der Waals surface area (Å²) in [5.74, 6) is 0. The summed E-state index contributed by atoms with van der Waals surface area (Å²) in [4.78, 5) is 2.31. The van der Waals surface area contributed by atoms with E-state index in [1.54, 1.807) is 0 Å². The van der Waals surface area contributed by atoms with Crippen molar-refractivity contribution >= 4 is 0 Å². The van der Waals surface area contributed by atoms with Gasteiger partial charge in [0.05, 0.1) is 11.6 Å². The Morgan fingerprint density at radius 1 is 1.44 bits per heavy atom. The molecular weight excluding hydrogens is 222 g/mol. The van der Waals surface area contributed by atoms with Gasteiger partial charge in [0.15, 0.2) is 0 Å². The molecule has 18 heavy (non-hydrogen) atoms. The van der Waals surface area contributed by atoms with Gasteiger partial charge in [0, 0.05) is 12.6 Å². The molecule has 1 aliphatic rings. The fourth-order valence-corrected chi connectivity index (χ4v) is 2.07. The Kier molecular flexibility index (Phi) is 4.74. The van der Waals surface area contributed by atoms with Crippen molar-refractivity contribution in [3.05, 3.63) is 35.4 Å². The molecule has 1 saturated carbocycles. The van der Waals surface area contributed by atoms with Crippen LogP contribution in [0.1, 0.15) is 30.4 Å². The Bertz CT molecular complexity index is 418. The molecule has 0 saturated heterocycles. The van der Waals surface area contributed by atoms with E-state index in [4.69, 9.17) is 5.26 Å². The number of nitrogens with one attached hydrogen (secondary N) is 1. The van der Waals surface area contributed by atoms with Gasteiger partial charge in [-0.1, -0.05) is 12.1 Å². The van der Waals surface area contributed by atoms with Crippen molar-refractivity contribution in [2.45, 2.75) is 31.8 Å². The molecule has 0 spiro atoms. The Labute approximate surface area is 109 Å². The molecule has 3 nitrogen and oxygen atoms in total. The summed E-state index contributed by atoms with van der Waals surface area (Å²) < 4.78 is 0. The van der Waals surface area contributed by atoms with Crippen molar-refractivity contribution in [3.63, 3.8) is 0 Å². The Balaban J connectivity index is 1.68. The highest BCUT2D eigenvalue weighted by Gasteiger charge is 2.19. The van der Waals surface area contributed by atoms with Crippen LogP contribution in [0.2, 0.25) is 0 Å². The fourth-order valence-electron chi connectivity index (χ4n) is 2.07. The lowest BCUT2D eigenvalue weighted by atomic mass is 10.1. The van der Waals surface area contributed by atoms with Gasteiger partial charge >= 0.3 is 0 Å². The van der Waals surface area contributed by atoms with Gasteiger partial charge in [0.25, 0.3) is 0 Å². The number of hydrogen-bond acceptors (Lipinski definition) is 3. The molecule has 96 valence electrons. The second kappa shape index (κ2) is 6.53. The van der Waals surface area contributed by atoms with E-state index in [0.29, 0.717) is 0 Å². The highest BCUT2D eigenvalue weighted by molar-refractivity contribution is 5.32. The summed E-state index contributed by atoms with van der Waals surface area (Å²) >= 11 is 0. The van der Waals surface area contributed by atoms with Crippen LogP contribution in [0, 0.1) is 11.3 Å². The summed E-state index contributed by atoms with van der Waals surface area (Å²) in [6, 6.07) is 10.9. The average molecular weight is 243 g/mol. The zero-order chi connectivity index (χ0) is 12.8. The van der Waals surface area contributed by atoms with Crippen LogP contribution in [0.25, 0.3) is 0 Å². The first-order valence-corrected chi connectivity index (χ1v) is 6.69. The smallest absolute Gasteiger partial charge is 0.0991 e. The van der Waals surface area contributed by atoms with Gasteiger partial charge in [0.1, 0.15) is 0 Å². The van der Waals surface area contributed by atoms with Crippen molar-refractivity contribution in [1.82, 2.24) is 10.2 Å². The quantitative estimate of drug-likeness (QED) is 0.746. The maximum Gasteiger partial charge on any atom is 0.0991 e. The largest absolute Gasteiger partial charge is 0.314 e. The molecule has 0 aliphatic heterocycles. The maximum absolute atomic E-state index is 8.86. The molecule has 3 heteroatoms. The Morgan fingerprint density at radius 2 is 2.28 bits per heavy atom. The zero-order valence-corrected chi connectivity index (χ0v) is 11.0. The van der Waals surface area contributed by atoms with Crippen molar-refractivity contribution < 1.29 is 0 Å². The van der Waals surface area contributed by atoms with E-state index in [2.05, 4.69) is 29.4 Å². The van der Waals surface area contributed by atoms with Crippen LogP contribution in [0.3, 0.4) is 0 Å². The van der Waals surface area contributed by atoms with E-state index >= 15 is 0 Å². The minimum Gasteiger partial charge on any atom is -0.314 e. The third kappa shape index (κ3) is 4.48. The van der Waals surface area contributed by atoms with Crippen molar-refractivity contribution in [1.29, 1.82) is 5.26 Å². The fraction of sp³-hybridized carbons (Fsp3) is 0.533. The number of hydrogen-bond donors (Lipinski definition) is 1. The van der Waals surface area contributed by atoms with Gasteiger partial charge in [-0.05, 0) is 57.1 Å². The molecule has 2 rings (SSSR count). The summed E-state index contributed by atoms with van der Waals surface area (Å²) in [6.45, 7) is 3.13. The predicted molar refractivity (Wildman–Crippen MR) is 73.1 cm³/mol. The number of nitrogens with zero attached hydrogens (tertiary/aromatic N) is 2. The van der Waals surface area contributed by atoms with Crippen LogP contribution in [-0.2, 0) is 6.54 Å².